The smallest absolute Gasteiger partial charge is 0.408 e. The zero-order valence-electron chi connectivity index (χ0n) is 18.9. The second kappa shape index (κ2) is 8.00. The van der Waals surface area contributed by atoms with Crippen LogP contribution in [0.4, 0.5) is 4.79 Å². The second-order valence-electron chi connectivity index (χ2n) is 9.68. The molecule has 0 aromatic carbocycles. The van der Waals surface area contributed by atoms with E-state index in [1.54, 1.807) is 12.1 Å². The highest BCUT2D eigenvalue weighted by molar-refractivity contribution is 5.70. The number of nitrogens with one attached hydrogen (secondary N) is 1. The molecular weight excluding hydrogens is 416 g/mol. The normalized spacial score (nSPS) is 26.0. The van der Waals surface area contributed by atoms with E-state index in [0.29, 0.717) is 42.7 Å². The number of carbonyl (C=O) groups is 1. The van der Waals surface area contributed by atoms with Crippen molar-refractivity contribution in [1.82, 2.24) is 19.9 Å². The lowest BCUT2D eigenvalue weighted by atomic mass is 9.69. The maximum atomic E-state index is 12.5. The van der Waals surface area contributed by atoms with E-state index in [0.717, 1.165) is 0 Å². The highest BCUT2D eigenvalue weighted by Crippen LogP contribution is 2.45. The Balaban J connectivity index is 1.50. The first kappa shape index (κ1) is 22.5. The number of aliphatic hydroxyl groups excluding tert-OH is 1. The van der Waals surface area contributed by atoms with Gasteiger partial charge in [-0.1, -0.05) is 0 Å². The van der Waals surface area contributed by atoms with Gasteiger partial charge < -0.3 is 24.6 Å². The summed E-state index contributed by atoms with van der Waals surface area (Å²) in [5.74, 6) is 0.357. The van der Waals surface area contributed by atoms with E-state index in [4.69, 9.17) is 14.2 Å². The summed E-state index contributed by atoms with van der Waals surface area (Å²) in [6.07, 6.45) is 2.24. The van der Waals surface area contributed by atoms with Crippen molar-refractivity contribution in [3.8, 4) is 5.88 Å². The van der Waals surface area contributed by atoms with Crippen LogP contribution in [-0.2, 0) is 16.0 Å². The predicted molar refractivity (Wildman–Crippen MR) is 116 cm³/mol. The lowest BCUT2D eigenvalue weighted by Gasteiger charge is -2.54. The number of aromatic nitrogens is 3. The molecule has 0 spiro atoms. The van der Waals surface area contributed by atoms with Crippen molar-refractivity contribution in [2.75, 3.05) is 13.7 Å². The van der Waals surface area contributed by atoms with Gasteiger partial charge in [0.2, 0.25) is 5.88 Å². The number of nitrogens with zero attached hydrogens (tertiary/aromatic N) is 3. The highest BCUT2D eigenvalue weighted by atomic mass is 16.6. The van der Waals surface area contributed by atoms with Crippen molar-refractivity contribution < 1.29 is 24.1 Å². The molecular formula is C22H30N4O6. The minimum atomic E-state index is -0.932. The Hall–Kier alpha value is -2.72. The molecule has 1 unspecified atom stereocenters. The third-order valence-corrected chi connectivity index (χ3v) is 6.29. The van der Waals surface area contributed by atoms with Crippen LogP contribution in [0.5, 0.6) is 5.88 Å². The molecule has 3 fully saturated rings. The molecule has 0 radical (unpaired) electrons. The van der Waals surface area contributed by atoms with Gasteiger partial charge in [0.1, 0.15) is 17.2 Å². The van der Waals surface area contributed by atoms with Gasteiger partial charge in [-0.15, -0.1) is 0 Å². The number of hydrogen-bond acceptors (Lipinski definition) is 8. The third-order valence-electron chi connectivity index (χ3n) is 6.29. The van der Waals surface area contributed by atoms with Crippen molar-refractivity contribution >= 4 is 17.3 Å². The number of pyridine rings is 1. The quantitative estimate of drug-likeness (QED) is 0.712. The van der Waals surface area contributed by atoms with Crippen LogP contribution in [0.1, 0.15) is 46.5 Å². The van der Waals surface area contributed by atoms with Crippen LogP contribution in [0.15, 0.2) is 23.1 Å². The predicted octanol–water partition coefficient (Wildman–Crippen LogP) is 1.77. The minimum absolute atomic E-state index is 0.0184. The number of rotatable bonds is 5. The maximum absolute atomic E-state index is 12.5. The molecule has 2 N–H and O–H groups in total. The van der Waals surface area contributed by atoms with Gasteiger partial charge in [0.05, 0.1) is 37.6 Å². The highest BCUT2D eigenvalue weighted by Gasteiger charge is 2.54. The van der Waals surface area contributed by atoms with Crippen LogP contribution in [0.3, 0.4) is 0 Å². The molecule has 174 valence electrons. The molecule has 4 heterocycles. The summed E-state index contributed by atoms with van der Waals surface area (Å²) in [7, 11) is 1.50. The molecule has 5 rings (SSSR count). The zero-order valence-corrected chi connectivity index (χ0v) is 18.9. The van der Waals surface area contributed by atoms with E-state index in [1.165, 1.54) is 17.9 Å². The van der Waals surface area contributed by atoms with Crippen molar-refractivity contribution in [3.05, 3.63) is 28.7 Å². The van der Waals surface area contributed by atoms with Crippen molar-refractivity contribution in [3.63, 3.8) is 0 Å². The SMILES string of the molecule is COc1ccc2ncc(=O)n(CC(O)C34CCC(NC(=O)OC(C)(C)C)(CC3)CO4)c2n1. The number of carbonyl (C=O) groups excluding carboxylic acids is 1. The largest absolute Gasteiger partial charge is 0.481 e. The lowest BCUT2D eigenvalue weighted by molar-refractivity contribution is -0.209. The number of amides is 1. The first-order valence-electron chi connectivity index (χ1n) is 10.8. The third kappa shape index (κ3) is 4.29. The second-order valence-corrected chi connectivity index (χ2v) is 9.68. The van der Waals surface area contributed by atoms with Gasteiger partial charge in [0, 0.05) is 6.07 Å². The number of methoxy groups -OCH3 is 1. The molecule has 2 bridgehead atoms. The standard InChI is InChI=1S/C22H30N4O6/c1-20(2,3)32-19(29)25-21-7-9-22(10-8-21,31-13-21)15(27)12-26-17(28)11-23-14-5-6-16(30-4)24-18(14)26/h5-6,11,15,27H,7-10,12-13H2,1-4H3,(H,25,29). The van der Waals surface area contributed by atoms with E-state index < -0.39 is 28.9 Å². The van der Waals surface area contributed by atoms with E-state index >= 15 is 0 Å². The topological polar surface area (TPSA) is 125 Å². The zero-order chi connectivity index (χ0) is 23.1. The number of ether oxygens (including phenoxy) is 3. The van der Waals surface area contributed by atoms with Gasteiger partial charge >= 0.3 is 6.09 Å². The van der Waals surface area contributed by atoms with Gasteiger partial charge in [-0.25, -0.2) is 9.78 Å². The van der Waals surface area contributed by atoms with E-state index in [-0.39, 0.29) is 18.7 Å². The number of alkyl carbamates (subject to hydrolysis) is 1. The monoisotopic (exact) mass is 446 g/mol. The summed E-state index contributed by atoms with van der Waals surface area (Å²) < 4.78 is 18.1. The molecule has 2 saturated heterocycles. The Morgan fingerprint density at radius 3 is 2.62 bits per heavy atom. The fourth-order valence-corrected chi connectivity index (χ4v) is 4.48. The molecule has 2 aliphatic heterocycles. The Morgan fingerprint density at radius 1 is 1.31 bits per heavy atom. The van der Waals surface area contributed by atoms with Crippen LogP contribution in [0.25, 0.3) is 11.2 Å². The van der Waals surface area contributed by atoms with Crippen LogP contribution >= 0.6 is 0 Å². The average Bonchev–Trinajstić information content (AvgIpc) is 2.75. The van der Waals surface area contributed by atoms with Crippen LogP contribution in [0, 0.1) is 0 Å². The van der Waals surface area contributed by atoms with Crippen LogP contribution in [-0.4, -0.2) is 62.3 Å². The summed E-state index contributed by atoms with van der Waals surface area (Å²) in [5.41, 5.74) is -1.35. The van der Waals surface area contributed by atoms with E-state index in [1.807, 2.05) is 20.8 Å². The Kier molecular flexibility index (Phi) is 5.62. The number of fused-ring (bicyclic) bond motifs is 4. The summed E-state index contributed by atoms with van der Waals surface area (Å²) in [6.45, 7) is 5.75. The molecule has 1 aliphatic carbocycles. The lowest BCUT2D eigenvalue weighted by Crippen LogP contribution is -2.66. The Labute approximate surface area is 185 Å². The fraction of sp³-hybridized carbons (Fsp3) is 0.636. The summed E-state index contributed by atoms with van der Waals surface area (Å²) in [5, 5.41) is 14.1. The minimum Gasteiger partial charge on any atom is -0.481 e. The van der Waals surface area contributed by atoms with Crippen molar-refractivity contribution in [2.45, 2.75) is 75.8 Å². The molecule has 2 aromatic heterocycles. The Bertz CT molecular complexity index is 1050. The molecule has 1 amide bonds. The van der Waals surface area contributed by atoms with Crippen molar-refractivity contribution in [1.29, 1.82) is 0 Å². The summed E-state index contributed by atoms with van der Waals surface area (Å²) in [4.78, 5) is 33.3. The number of aliphatic hydroxyl groups is 1. The number of hydrogen-bond donors (Lipinski definition) is 2. The van der Waals surface area contributed by atoms with Crippen LogP contribution < -0.4 is 15.6 Å². The first-order valence-corrected chi connectivity index (χ1v) is 10.8. The van der Waals surface area contributed by atoms with Gasteiger partial charge in [-0.3, -0.25) is 9.36 Å². The maximum Gasteiger partial charge on any atom is 0.408 e. The van der Waals surface area contributed by atoms with Gasteiger partial charge in [0.25, 0.3) is 5.56 Å². The van der Waals surface area contributed by atoms with Gasteiger partial charge in [-0.2, -0.15) is 4.98 Å². The summed E-state index contributed by atoms with van der Waals surface area (Å²) >= 11 is 0. The Morgan fingerprint density at radius 2 is 2.03 bits per heavy atom. The summed E-state index contributed by atoms with van der Waals surface area (Å²) in [6, 6.07) is 3.39. The van der Waals surface area contributed by atoms with Crippen molar-refractivity contribution in [2.24, 2.45) is 0 Å². The molecule has 2 aromatic rings. The fourth-order valence-electron chi connectivity index (χ4n) is 4.48. The molecule has 10 heteroatoms. The molecule has 10 nitrogen and oxygen atoms in total. The van der Waals surface area contributed by atoms with Gasteiger partial charge in [0.15, 0.2) is 5.65 Å². The molecule has 1 atom stereocenters. The average molecular weight is 447 g/mol. The first-order chi connectivity index (χ1) is 15.0. The van der Waals surface area contributed by atoms with Gasteiger partial charge in [-0.05, 0) is 52.5 Å². The van der Waals surface area contributed by atoms with E-state index in [2.05, 4.69) is 15.3 Å². The van der Waals surface area contributed by atoms with Crippen LogP contribution in [0.2, 0.25) is 0 Å². The molecule has 1 saturated carbocycles. The van der Waals surface area contributed by atoms with E-state index in [9.17, 15) is 14.7 Å². The molecule has 3 aliphatic rings. The molecule has 32 heavy (non-hydrogen) atoms.